The molecule has 2 N–H and O–H groups in total. The van der Waals surface area contributed by atoms with Crippen LogP contribution < -0.4 is 10.6 Å². The van der Waals surface area contributed by atoms with Gasteiger partial charge in [-0.3, -0.25) is 19.7 Å². The SMILES string of the molecule is CC(C)C(NC(=O)c1ccc(Cl)c([N+](=O)[O-])c1)C(=O)OCC(=O)NC1(C#N)CCCCC1. The van der Waals surface area contributed by atoms with Crippen molar-refractivity contribution in [2.24, 2.45) is 5.92 Å². The third kappa shape index (κ3) is 6.40. The van der Waals surface area contributed by atoms with Crippen molar-refractivity contribution in [3.63, 3.8) is 0 Å². The summed E-state index contributed by atoms with van der Waals surface area (Å²) in [7, 11) is 0. The summed E-state index contributed by atoms with van der Waals surface area (Å²) in [5.41, 5.74) is -1.43. The van der Waals surface area contributed by atoms with Gasteiger partial charge in [-0.15, -0.1) is 0 Å². The van der Waals surface area contributed by atoms with E-state index >= 15 is 0 Å². The van der Waals surface area contributed by atoms with Gasteiger partial charge in [0.2, 0.25) is 0 Å². The number of hydrogen-bond acceptors (Lipinski definition) is 7. The second kappa shape index (κ2) is 10.9. The fourth-order valence-electron chi connectivity index (χ4n) is 3.47. The van der Waals surface area contributed by atoms with Crippen LogP contribution in [0.15, 0.2) is 18.2 Å². The number of nitro groups is 1. The first-order chi connectivity index (χ1) is 15.1. The number of esters is 1. The molecule has 0 aromatic heterocycles. The molecule has 0 aliphatic heterocycles. The molecule has 32 heavy (non-hydrogen) atoms. The van der Waals surface area contributed by atoms with Crippen LogP contribution in [0.5, 0.6) is 0 Å². The normalized spacial score (nSPS) is 15.8. The molecule has 1 atom stereocenters. The molecule has 1 aromatic rings. The van der Waals surface area contributed by atoms with Gasteiger partial charge in [-0.25, -0.2) is 4.79 Å². The Labute approximate surface area is 190 Å². The lowest BCUT2D eigenvalue weighted by atomic mass is 9.83. The van der Waals surface area contributed by atoms with Crippen molar-refractivity contribution >= 4 is 35.1 Å². The van der Waals surface area contributed by atoms with Crippen LogP contribution in [0.2, 0.25) is 5.02 Å². The predicted octanol–water partition coefficient (Wildman–Crippen LogP) is 2.89. The van der Waals surface area contributed by atoms with Gasteiger partial charge in [0, 0.05) is 11.6 Å². The summed E-state index contributed by atoms with van der Waals surface area (Å²) in [6.07, 6.45) is 3.75. The van der Waals surface area contributed by atoms with Crippen LogP contribution in [0.3, 0.4) is 0 Å². The van der Waals surface area contributed by atoms with Gasteiger partial charge in [-0.05, 0) is 30.9 Å². The predicted molar refractivity (Wildman–Crippen MR) is 115 cm³/mol. The monoisotopic (exact) mass is 464 g/mol. The van der Waals surface area contributed by atoms with Gasteiger partial charge in [-0.1, -0.05) is 44.7 Å². The molecular formula is C21H25ClN4O6. The third-order valence-corrected chi connectivity index (χ3v) is 5.58. The number of ether oxygens (including phenoxy) is 1. The van der Waals surface area contributed by atoms with Crippen molar-refractivity contribution in [2.75, 3.05) is 6.61 Å². The fraction of sp³-hybridized carbons (Fsp3) is 0.524. The number of nitrogens with one attached hydrogen (secondary N) is 2. The first-order valence-corrected chi connectivity index (χ1v) is 10.6. The summed E-state index contributed by atoms with van der Waals surface area (Å²) < 4.78 is 5.07. The van der Waals surface area contributed by atoms with Gasteiger partial charge in [0.05, 0.1) is 11.0 Å². The van der Waals surface area contributed by atoms with E-state index in [0.717, 1.165) is 25.3 Å². The second-order valence-corrected chi connectivity index (χ2v) is 8.44. The largest absolute Gasteiger partial charge is 0.454 e. The van der Waals surface area contributed by atoms with E-state index in [-0.39, 0.29) is 16.5 Å². The van der Waals surface area contributed by atoms with Crippen LogP contribution in [0.25, 0.3) is 0 Å². The van der Waals surface area contributed by atoms with Crippen molar-refractivity contribution in [3.8, 4) is 6.07 Å². The molecule has 2 rings (SSSR count). The van der Waals surface area contributed by atoms with Gasteiger partial charge in [0.25, 0.3) is 17.5 Å². The number of hydrogen-bond donors (Lipinski definition) is 2. The molecule has 11 heteroatoms. The van der Waals surface area contributed by atoms with Crippen LogP contribution in [-0.2, 0) is 14.3 Å². The minimum Gasteiger partial charge on any atom is -0.454 e. The van der Waals surface area contributed by atoms with E-state index < -0.39 is 46.6 Å². The molecule has 10 nitrogen and oxygen atoms in total. The first-order valence-electron chi connectivity index (χ1n) is 10.2. The topological polar surface area (TPSA) is 151 Å². The summed E-state index contributed by atoms with van der Waals surface area (Å²) in [5, 5.41) is 25.5. The van der Waals surface area contributed by atoms with E-state index in [1.165, 1.54) is 12.1 Å². The van der Waals surface area contributed by atoms with Crippen molar-refractivity contribution in [2.45, 2.75) is 57.5 Å². The Hall–Kier alpha value is -3.19. The number of benzene rings is 1. The van der Waals surface area contributed by atoms with E-state index in [4.69, 9.17) is 16.3 Å². The van der Waals surface area contributed by atoms with Crippen molar-refractivity contribution < 1.29 is 24.0 Å². The molecule has 2 amide bonds. The highest BCUT2D eigenvalue weighted by atomic mass is 35.5. The molecule has 1 aliphatic rings. The second-order valence-electron chi connectivity index (χ2n) is 8.03. The van der Waals surface area contributed by atoms with Crippen LogP contribution >= 0.6 is 11.6 Å². The van der Waals surface area contributed by atoms with Crippen LogP contribution in [0, 0.1) is 27.4 Å². The number of carbonyl (C=O) groups excluding carboxylic acids is 3. The Balaban J connectivity index is 2.00. The average molecular weight is 465 g/mol. The number of nitrogens with zero attached hydrogens (tertiary/aromatic N) is 2. The molecule has 1 fully saturated rings. The average Bonchev–Trinajstić information content (AvgIpc) is 2.76. The van der Waals surface area contributed by atoms with Crippen LogP contribution in [0.4, 0.5) is 5.69 Å². The smallest absolute Gasteiger partial charge is 0.329 e. The maximum Gasteiger partial charge on any atom is 0.329 e. The minimum absolute atomic E-state index is 0.0504. The molecule has 0 bridgehead atoms. The number of rotatable bonds is 8. The minimum atomic E-state index is -1.09. The van der Waals surface area contributed by atoms with Gasteiger partial charge in [-0.2, -0.15) is 5.26 Å². The number of amides is 2. The lowest BCUT2D eigenvalue weighted by Crippen LogP contribution is -2.51. The molecule has 0 heterocycles. The van der Waals surface area contributed by atoms with Gasteiger partial charge in [0.15, 0.2) is 6.61 Å². The van der Waals surface area contributed by atoms with E-state index in [2.05, 4.69) is 16.7 Å². The third-order valence-electron chi connectivity index (χ3n) is 5.26. The molecular weight excluding hydrogens is 440 g/mol. The molecule has 0 spiro atoms. The van der Waals surface area contributed by atoms with Gasteiger partial charge < -0.3 is 15.4 Å². The van der Waals surface area contributed by atoms with Gasteiger partial charge in [0.1, 0.15) is 16.6 Å². The Kier molecular flexibility index (Phi) is 8.55. The zero-order valence-electron chi connectivity index (χ0n) is 17.9. The number of carbonyl (C=O) groups is 3. The zero-order valence-corrected chi connectivity index (χ0v) is 18.6. The van der Waals surface area contributed by atoms with Crippen molar-refractivity contribution in [3.05, 3.63) is 38.9 Å². The summed E-state index contributed by atoms with van der Waals surface area (Å²) in [5.74, 6) is -2.54. The summed E-state index contributed by atoms with van der Waals surface area (Å²) in [6, 6.07) is 4.59. The fourth-order valence-corrected chi connectivity index (χ4v) is 3.65. The number of nitriles is 1. The van der Waals surface area contributed by atoms with Crippen LogP contribution in [0.1, 0.15) is 56.3 Å². The Morgan fingerprint density at radius 3 is 2.50 bits per heavy atom. The van der Waals surface area contributed by atoms with E-state index in [9.17, 15) is 29.8 Å². The van der Waals surface area contributed by atoms with E-state index in [1.54, 1.807) is 13.8 Å². The Morgan fingerprint density at radius 1 is 1.28 bits per heavy atom. The number of nitro benzene ring substituents is 1. The highest BCUT2D eigenvalue weighted by molar-refractivity contribution is 6.32. The lowest BCUT2D eigenvalue weighted by molar-refractivity contribution is -0.384. The van der Waals surface area contributed by atoms with Gasteiger partial charge >= 0.3 is 5.97 Å². The molecule has 1 aliphatic carbocycles. The maximum atomic E-state index is 12.5. The van der Waals surface area contributed by atoms with Crippen molar-refractivity contribution in [1.29, 1.82) is 5.26 Å². The molecule has 1 saturated carbocycles. The standard InChI is InChI=1S/C21H25ClN4O6/c1-13(2)18(24-19(28)14-6-7-15(22)16(10-14)26(30)31)20(29)32-11-17(27)25-21(12-23)8-4-3-5-9-21/h6-7,10,13,18H,3-5,8-9,11H2,1-2H3,(H,24,28)(H,25,27). The molecule has 172 valence electrons. The summed E-state index contributed by atoms with van der Waals surface area (Å²) in [6.45, 7) is 2.75. The molecule has 1 unspecified atom stereocenters. The van der Waals surface area contributed by atoms with E-state index in [1.807, 2.05) is 0 Å². The highest BCUT2D eigenvalue weighted by Crippen LogP contribution is 2.27. The van der Waals surface area contributed by atoms with Crippen molar-refractivity contribution in [1.82, 2.24) is 10.6 Å². The lowest BCUT2D eigenvalue weighted by Gasteiger charge is -2.31. The summed E-state index contributed by atoms with van der Waals surface area (Å²) >= 11 is 5.76. The maximum absolute atomic E-state index is 12.5. The number of halogens is 1. The molecule has 0 saturated heterocycles. The molecule has 0 radical (unpaired) electrons. The quantitative estimate of drug-likeness (QED) is 0.341. The Morgan fingerprint density at radius 2 is 1.94 bits per heavy atom. The Bertz CT molecular complexity index is 937. The molecule has 1 aromatic carbocycles. The first kappa shape index (κ1) is 25.1. The highest BCUT2D eigenvalue weighted by Gasteiger charge is 2.34. The summed E-state index contributed by atoms with van der Waals surface area (Å²) in [4.78, 5) is 47.6. The van der Waals surface area contributed by atoms with Crippen LogP contribution in [-0.4, -0.2) is 40.9 Å². The van der Waals surface area contributed by atoms with E-state index in [0.29, 0.717) is 12.8 Å². The zero-order chi connectivity index (χ0) is 23.9.